The number of benzene rings is 1. The van der Waals surface area contributed by atoms with Gasteiger partial charge in [0.1, 0.15) is 0 Å². The molecule has 2 aliphatic rings. The van der Waals surface area contributed by atoms with Crippen molar-refractivity contribution in [2.45, 2.75) is 13.0 Å². The van der Waals surface area contributed by atoms with Gasteiger partial charge in [-0.05, 0) is 23.6 Å². The van der Waals surface area contributed by atoms with Crippen LogP contribution in [0.15, 0.2) is 47.7 Å². The fourth-order valence-electron chi connectivity index (χ4n) is 3.96. The first-order valence-corrected chi connectivity index (χ1v) is 10.1. The van der Waals surface area contributed by atoms with E-state index in [0.29, 0.717) is 0 Å². The van der Waals surface area contributed by atoms with Gasteiger partial charge in [0.2, 0.25) is 5.95 Å². The van der Waals surface area contributed by atoms with Crippen LogP contribution in [0.3, 0.4) is 0 Å². The Morgan fingerprint density at radius 3 is 2.45 bits per heavy atom. The maximum Gasteiger partial charge on any atom is 0.225 e. The van der Waals surface area contributed by atoms with Crippen LogP contribution < -0.4 is 10.2 Å². The van der Waals surface area contributed by atoms with Crippen LogP contribution >= 0.6 is 24.0 Å². The van der Waals surface area contributed by atoms with E-state index in [1.807, 2.05) is 25.5 Å². The summed E-state index contributed by atoms with van der Waals surface area (Å²) < 4.78 is 0. The molecule has 0 amide bonds. The summed E-state index contributed by atoms with van der Waals surface area (Å²) in [5.41, 5.74) is 2.88. The van der Waals surface area contributed by atoms with E-state index in [-0.39, 0.29) is 24.0 Å². The maximum absolute atomic E-state index is 4.51. The zero-order valence-corrected chi connectivity index (χ0v) is 19.3. The van der Waals surface area contributed by atoms with Crippen molar-refractivity contribution in [3.8, 4) is 0 Å². The average Bonchev–Trinajstić information content (AvgIpc) is 2.77. The van der Waals surface area contributed by atoms with Gasteiger partial charge in [0, 0.05) is 71.8 Å². The molecule has 1 aromatic carbocycles. The minimum Gasteiger partial charge on any atom is -0.355 e. The Kier molecular flexibility index (Phi) is 8.05. The molecule has 7 nitrogen and oxygen atoms in total. The molecular formula is C21H30IN7. The zero-order chi connectivity index (χ0) is 19.2. The van der Waals surface area contributed by atoms with Crippen LogP contribution in [-0.4, -0.2) is 78.6 Å². The van der Waals surface area contributed by atoms with Crippen molar-refractivity contribution in [2.24, 2.45) is 4.99 Å². The van der Waals surface area contributed by atoms with E-state index in [2.05, 4.69) is 59.2 Å². The Bertz CT molecular complexity index is 791. The molecule has 4 rings (SSSR count). The molecule has 0 bridgehead atoms. The Morgan fingerprint density at radius 1 is 1.00 bits per heavy atom. The van der Waals surface area contributed by atoms with Crippen molar-refractivity contribution in [2.75, 3.05) is 57.8 Å². The van der Waals surface area contributed by atoms with Crippen LogP contribution in [0.2, 0.25) is 0 Å². The number of nitrogens with zero attached hydrogens (tertiary/aromatic N) is 6. The predicted octanol–water partition coefficient (Wildman–Crippen LogP) is 1.85. The molecule has 0 atom stereocenters. The number of hydrogen-bond acceptors (Lipinski definition) is 5. The molecule has 2 aliphatic heterocycles. The number of nitrogens with one attached hydrogen (secondary N) is 1. The van der Waals surface area contributed by atoms with E-state index in [0.717, 1.165) is 70.7 Å². The largest absolute Gasteiger partial charge is 0.355 e. The van der Waals surface area contributed by atoms with Gasteiger partial charge < -0.3 is 15.1 Å². The van der Waals surface area contributed by atoms with Gasteiger partial charge in [-0.2, -0.15) is 0 Å². The Hall–Kier alpha value is -1.94. The summed E-state index contributed by atoms with van der Waals surface area (Å²) >= 11 is 0. The Balaban J connectivity index is 0.00000240. The van der Waals surface area contributed by atoms with Gasteiger partial charge >= 0.3 is 0 Å². The fraction of sp³-hybridized carbons (Fsp3) is 0.476. The highest BCUT2D eigenvalue weighted by Gasteiger charge is 2.20. The third-order valence-corrected chi connectivity index (χ3v) is 5.56. The Labute approximate surface area is 190 Å². The molecule has 0 spiro atoms. The van der Waals surface area contributed by atoms with Gasteiger partial charge in [-0.3, -0.25) is 9.89 Å². The summed E-state index contributed by atoms with van der Waals surface area (Å²) in [5.74, 6) is 1.84. The summed E-state index contributed by atoms with van der Waals surface area (Å²) in [7, 11) is 1.88. The van der Waals surface area contributed by atoms with Gasteiger partial charge in [-0.1, -0.05) is 24.3 Å². The smallest absolute Gasteiger partial charge is 0.225 e. The maximum atomic E-state index is 4.51. The van der Waals surface area contributed by atoms with Crippen LogP contribution in [0, 0.1) is 0 Å². The van der Waals surface area contributed by atoms with E-state index in [9.17, 15) is 0 Å². The second-order valence-electron chi connectivity index (χ2n) is 7.29. The molecule has 0 radical (unpaired) electrons. The predicted molar refractivity (Wildman–Crippen MR) is 128 cm³/mol. The molecule has 3 heterocycles. The highest BCUT2D eigenvalue weighted by Crippen LogP contribution is 2.18. The lowest BCUT2D eigenvalue weighted by molar-refractivity contribution is 0.258. The topological polar surface area (TPSA) is 59.9 Å². The summed E-state index contributed by atoms with van der Waals surface area (Å²) in [4.78, 5) is 20.3. The lowest BCUT2D eigenvalue weighted by Crippen LogP contribution is -2.50. The number of halogens is 1. The molecule has 8 heteroatoms. The van der Waals surface area contributed by atoms with Gasteiger partial charge in [0.25, 0.3) is 0 Å². The lowest BCUT2D eigenvalue weighted by Gasteiger charge is -2.35. The van der Waals surface area contributed by atoms with Gasteiger partial charge in [0.05, 0.1) is 0 Å². The molecule has 1 fully saturated rings. The minimum atomic E-state index is 0. The fourth-order valence-corrected chi connectivity index (χ4v) is 3.96. The van der Waals surface area contributed by atoms with Crippen molar-refractivity contribution in [3.63, 3.8) is 0 Å². The normalized spacial score (nSPS) is 17.5. The van der Waals surface area contributed by atoms with Crippen LogP contribution in [0.1, 0.15) is 11.1 Å². The molecular weight excluding hydrogens is 477 g/mol. The first kappa shape index (κ1) is 21.8. The third kappa shape index (κ3) is 5.57. The third-order valence-electron chi connectivity index (χ3n) is 5.56. The summed E-state index contributed by atoms with van der Waals surface area (Å²) in [6.07, 6.45) is 4.70. The molecule has 2 aromatic rings. The van der Waals surface area contributed by atoms with Crippen LogP contribution in [0.4, 0.5) is 5.95 Å². The molecule has 0 unspecified atom stereocenters. The van der Waals surface area contributed by atoms with Crippen molar-refractivity contribution >= 4 is 35.9 Å². The number of anilines is 1. The molecule has 0 saturated carbocycles. The number of hydrogen-bond donors (Lipinski definition) is 1. The minimum absolute atomic E-state index is 0. The molecule has 1 N–H and O–H groups in total. The van der Waals surface area contributed by atoms with Gasteiger partial charge in [-0.15, -0.1) is 24.0 Å². The standard InChI is InChI=1S/C21H29N7.HI/c1-22-20(28-11-7-18-5-2-3-6-19(18)17-28)25-10-12-26-13-15-27(16-14-26)21-23-8-4-9-24-21;/h2-6,8-9H,7,10-17H2,1H3,(H,22,25);1H. The van der Waals surface area contributed by atoms with E-state index in [1.54, 1.807) is 0 Å². The highest BCUT2D eigenvalue weighted by molar-refractivity contribution is 14.0. The van der Waals surface area contributed by atoms with Crippen molar-refractivity contribution in [1.82, 2.24) is 25.1 Å². The van der Waals surface area contributed by atoms with E-state index >= 15 is 0 Å². The zero-order valence-electron chi connectivity index (χ0n) is 17.0. The van der Waals surface area contributed by atoms with Crippen LogP contribution in [-0.2, 0) is 13.0 Å². The van der Waals surface area contributed by atoms with E-state index in [4.69, 9.17) is 0 Å². The molecule has 1 saturated heterocycles. The summed E-state index contributed by atoms with van der Waals surface area (Å²) in [6.45, 7) is 7.91. The average molecular weight is 507 g/mol. The molecule has 0 aliphatic carbocycles. The van der Waals surface area contributed by atoms with E-state index in [1.165, 1.54) is 11.1 Å². The molecule has 1 aromatic heterocycles. The Morgan fingerprint density at radius 2 is 1.72 bits per heavy atom. The van der Waals surface area contributed by atoms with Gasteiger partial charge in [0.15, 0.2) is 5.96 Å². The number of guanidine groups is 1. The second kappa shape index (κ2) is 10.7. The number of rotatable bonds is 4. The van der Waals surface area contributed by atoms with Crippen molar-refractivity contribution in [1.29, 1.82) is 0 Å². The monoisotopic (exact) mass is 507 g/mol. The quantitative estimate of drug-likeness (QED) is 0.388. The number of piperazine rings is 1. The first-order chi connectivity index (χ1) is 13.8. The van der Waals surface area contributed by atoms with Crippen molar-refractivity contribution in [3.05, 3.63) is 53.9 Å². The summed E-state index contributed by atoms with van der Waals surface area (Å²) in [5, 5.41) is 3.56. The number of aliphatic imine (C=N–C) groups is 1. The first-order valence-electron chi connectivity index (χ1n) is 10.1. The molecule has 156 valence electrons. The van der Waals surface area contributed by atoms with Gasteiger partial charge in [-0.25, -0.2) is 9.97 Å². The highest BCUT2D eigenvalue weighted by atomic mass is 127. The number of fused-ring (bicyclic) bond motifs is 1. The van der Waals surface area contributed by atoms with Crippen LogP contribution in [0.25, 0.3) is 0 Å². The van der Waals surface area contributed by atoms with Crippen molar-refractivity contribution < 1.29 is 0 Å². The lowest BCUT2D eigenvalue weighted by atomic mass is 10.0. The van der Waals surface area contributed by atoms with Crippen LogP contribution in [0.5, 0.6) is 0 Å². The summed E-state index contributed by atoms with van der Waals surface area (Å²) in [6, 6.07) is 10.6. The molecule has 29 heavy (non-hydrogen) atoms. The number of aromatic nitrogens is 2. The SMILES string of the molecule is CN=C(NCCN1CCN(c2ncccn2)CC1)N1CCc2ccccc2C1.I. The van der Waals surface area contributed by atoms with E-state index < -0.39 is 0 Å². The second-order valence-corrected chi connectivity index (χ2v) is 7.29.